The molecule has 2 aliphatic rings. The summed E-state index contributed by atoms with van der Waals surface area (Å²) in [6.45, 7) is 15.5. The van der Waals surface area contributed by atoms with Crippen LogP contribution in [0.2, 0.25) is 0 Å². The monoisotopic (exact) mass is 591 g/mol. The molecule has 0 unspecified atom stereocenters. The number of pyridine rings is 1. The summed E-state index contributed by atoms with van der Waals surface area (Å²) in [7, 11) is 1.74. The third-order valence-electron chi connectivity index (χ3n) is 8.07. The molecule has 1 fully saturated rings. The van der Waals surface area contributed by atoms with Gasteiger partial charge in [0, 0.05) is 71.5 Å². The largest absolute Gasteiger partial charge is 0.378 e. The average Bonchev–Trinajstić information content (AvgIpc) is 3.04. The quantitative estimate of drug-likeness (QED) is 0.236. The average molecular weight is 592 g/mol. The highest BCUT2D eigenvalue weighted by atomic mass is 16.5. The van der Waals surface area contributed by atoms with Gasteiger partial charge in [0.2, 0.25) is 0 Å². The molecule has 5 rings (SSSR count). The topological polar surface area (TPSA) is 87.6 Å². The van der Waals surface area contributed by atoms with Gasteiger partial charge in [0.15, 0.2) is 0 Å². The number of amides is 1. The van der Waals surface area contributed by atoms with Crippen molar-refractivity contribution in [3.8, 4) is 11.1 Å². The summed E-state index contributed by atoms with van der Waals surface area (Å²) in [6.07, 6.45) is 10.3. The first kappa shape index (κ1) is 30.6. The Kier molecular flexibility index (Phi) is 9.50. The smallest absolute Gasteiger partial charge is 0.274 e. The summed E-state index contributed by atoms with van der Waals surface area (Å²) >= 11 is 0. The number of anilines is 4. The molecule has 1 aliphatic heterocycles. The molecule has 2 heterocycles. The third-order valence-corrected chi connectivity index (χ3v) is 8.07. The van der Waals surface area contributed by atoms with E-state index in [1.807, 2.05) is 73.8 Å². The molecule has 1 aliphatic carbocycles. The van der Waals surface area contributed by atoms with Crippen LogP contribution in [0, 0.1) is 6.92 Å². The third kappa shape index (κ3) is 6.87. The second-order valence-electron chi connectivity index (χ2n) is 11.1. The maximum absolute atomic E-state index is 13.3. The van der Waals surface area contributed by atoms with Crippen LogP contribution in [-0.2, 0) is 16.6 Å². The van der Waals surface area contributed by atoms with E-state index in [9.17, 15) is 9.59 Å². The van der Waals surface area contributed by atoms with Crippen LogP contribution in [0.5, 0.6) is 0 Å². The number of allylic oxidation sites excluding steroid dienone is 3. The van der Waals surface area contributed by atoms with Gasteiger partial charge < -0.3 is 30.2 Å². The Morgan fingerprint density at radius 3 is 2.52 bits per heavy atom. The Labute approximate surface area is 259 Å². The van der Waals surface area contributed by atoms with Crippen molar-refractivity contribution in [2.45, 2.75) is 33.1 Å². The molecule has 3 N–H and O–H groups in total. The van der Waals surface area contributed by atoms with Crippen LogP contribution in [-0.4, -0.2) is 41.7 Å². The summed E-state index contributed by atoms with van der Waals surface area (Å²) in [5.41, 5.74) is 8.80. The van der Waals surface area contributed by atoms with Gasteiger partial charge in [0.1, 0.15) is 5.69 Å². The first-order valence-electron chi connectivity index (χ1n) is 15.1. The van der Waals surface area contributed by atoms with E-state index < -0.39 is 0 Å². The summed E-state index contributed by atoms with van der Waals surface area (Å²) in [6, 6.07) is 13.6. The molecule has 44 heavy (non-hydrogen) atoms. The minimum absolute atomic E-state index is 0.126. The lowest BCUT2D eigenvalue weighted by Crippen LogP contribution is -2.34. The number of carbonyl (C=O) groups is 1. The summed E-state index contributed by atoms with van der Waals surface area (Å²) < 4.78 is 7.10. The van der Waals surface area contributed by atoms with Crippen molar-refractivity contribution in [2.24, 2.45) is 7.05 Å². The second kappa shape index (κ2) is 13.7. The zero-order chi connectivity index (χ0) is 31.2. The number of ether oxygens (including phenoxy) is 1. The van der Waals surface area contributed by atoms with Crippen LogP contribution >= 0.6 is 0 Å². The van der Waals surface area contributed by atoms with Gasteiger partial charge in [-0.25, -0.2) is 0 Å². The summed E-state index contributed by atoms with van der Waals surface area (Å²) in [5.74, 6) is -0.126. The van der Waals surface area contributed by atoms with E-state index in [-0.39, 0.29) is 11.5 Å². The molecular formula is C36H41N5O3. The Morgan fingerprint density at radius 2 is 1.80 bits per heavy atom. The van der Waals surface area contributed by atoms with E-state index in [1.54, 1.807) is 11.6 Å². The number of carbonyl (C=O) groups excluding carboxylic acids is 1. The van der Waals surface area contributed by atoms with E-state index >= 15 is 0 Å². The van der Waals surface area contributed by atoms with Crippen LogP contribution in [0.15, 0.2) is 96.1 Å². The molecule has 1 amide bonds. The molecule has 1 saturated heterocycles. The van der Waals surface area contributed by atoms with Gasteiger partial charge in [-0.1, -0.05) is 50.4 Å². The molecule has 0 saturated carbocycles. The van der Waals surface area contributed by atoms with E-state index in [0.717, 1.165) is 83.1 Å². The first-order valence-corrected chi connectivity index (χ1v) is 15.1. The Balaban J connectivity index is 1.45. The maximum Gasteiger partial charge on any atom is 0.274 e. The van der Waals surface area contributed by atoms with Gasteiger partial charge in [-0.2, -0.15) is 0 Å². The summed E-state index contributed by atoms with van der Waals surface area (Å²) in [5, 5.41) is 9.86. The van der Waals surface area contributed by atoms with Gasteiger partial charge in [-0.15, -0.1) is 0 Å². The number of nitrogens with one attached hydrogen (secondary N) is 3. The minimum Gasteiger partial charge on any atom is -0.378 e. The van der Waals surface area contributed by atoms with Gasteiger partial charge in [-0.3, -0.25) is 9.59 Å². The zero-order valence-corrected chi connectivity index (χ0v) is 25.8. The van der Waals surface area contributed by atoms with Gasteiger partial charge in [-0.05, 0) is 67.6 Å². The van der Waals surface area contributed by atoms with E-state index in [0.29, 0.717) is 24.5 Å². The predicted octanol–water partition coefficient (Wildman–Crippen LogP) is 6.96. The molecule has 0 spiro atoms. The number of hydrogen-bond donors (Lipinski definition) is 3. The molecule has 228 valence electrons. The molecule has 0 bridgehead atoms. The zero-order valence-electron chi connectivity index (χ0n) is 25.8. The van der Waals surface area contributed by atoms with Crippen molar-refractivity contribution in [3.05, 3.63) is 113 Å². The predicted molar refractivity (Wildman–Crippen MR) is 181 cm³/mol. The highest BCUT2D eigenvalue weighted by Gasteiger charge is 2.18. The molecule has 3 aromatic rings. The summed E-state index contributed by atoms with van der Waals surface area (Å²) in [4.78, 5) is 28.4. The molecule has 2 aromatic carbocycles. The molecular weight excluding hydrogens is 550 g/mol. The van der Waals surface area contributed by atoms with Crippen LogP contribution < -0.4 is 21.5 Å². The fourth-order valence-electron chi connectivity index (χ4n) is 5.42. The fraction of sp³-hybridized carbons (Fsp3) is 0.278. The molecule has 0 atom stereocenters. The normalized spacial score (nSPS) is 14.5. The van der Waals surface area contributed by atoms with Crippen molar-refractivity contribution in [3.63, 3.8) is 0 Å². The second-order valence-corrected chi connectivity index (χ2v) is 11.1. The lowest BCUT2D eigenvalue weighted by Gasteiger charge is -2.31. The van der Waals surface area contributed by atoms with Crippen molar-refractivity contribution < 1.29 is 9.53 Å². The standard InChI is InChI=1S/C36H41N5O3/c1-6-24(2)37-33-22-29(15-16-31(33)26(4)41-17-19-44-20-18-41)38-34-21-28(23-40(5)36(34)43)30-13-10-14-32(25(30)3)39-35(42)27-11-8-7-9-12-27/h8,10-16,21-23,37-38H,2,4,6-7,9,17-20H2,1,3,5H3,(H,39,42). The van der Waals surface area contributed by atoms with Crippen molar-refractivity contribution >= 4 is 34.4 Å². The number of morpholine rings is 1. The first-order chi connectivity index (χ1) is 21.2. The number of aromatic nitrogens is 1. The molecule has 1 aromatic heterocycles. The van der Waals surface area contributed by atoms with Crippen molar-refractivity contribution in [2.75, 3.05) is 42.3 Å². The van der Waals surface area contributed by atoms with E-state index in [2.05, 4.69) is 40.9 Å². The Hall–Kier alpha value is -4.82. The lowest BCUT2D eigenvalue weighted by atomic mass is 9.99. The lowest BCUT2D eigenvalue weighted by molar-refractivity contribution is -0.112. The van der Waals surface area contributed by atoms with Crippen LogP contribution in [0.3, 0.4) is 0 Å². The highest BCUT2D eigenvalue weighted by Crippen LogP contribution is 2.33. The Bertz CT molecular complexity index is 1710. The number of benzene rings is 2. The van der Waals surface area contributed by atoms with Crippen LogP contribution in [0.4, 0.5) is 22.7 Å². The maximum atomic E-state index is 13.3. The number of nitrogens with zero attached hydrogens (tertiary/aromatic N) is 2. The number of aryl methyl sites for hydroxylation is 1. The molecule has 8 heteroatoms. The van der Waals surface area contributed by atoms with Gasteiger partial charge in [0.05, 0.1) is 13.2 Å². The van der Waals surface area contributed by atoms with E-state index in [4.69, 9.17) is 4.74 Å². The number of hydrogen-bond acceptors (Lipinski definition) is 6. The van der Waals surface area contributed by atoms with Crippen molar-refractivity contribution in [1.82, 2.24) is 9.47 Å². The highest BCUT2D eigenvalue weighted by molar-refractivity contribution is 6.06. The van der Waals surface area contributed by atoms with Gasteiger partial charge in [0.25, 0.3) is 11.5 Å². The van der Waals surface area contributed by atoms with Crippen LogP contribution in [0.25, 0.3) is 16.8 Å². The molecule has 0 radical (unpaired) electrons. The van der Waals surface area contributed by atoms with Crippen molar-refractivity contribution in [1.29, 1.82) is 0 Å². The SMILES string of the molecule is C=C(CC)Nc1cc(Nc2cc(-c3cccc(NC(=O)C4=CCCC=C4)c3C)cn(C)c2=O)ccc1C(=C)N1CCOCC1. The molecule has 8 nitrogen and oxygen atoms in total. The number of rotatable bonds is 10. The van der Waals surface area contributed by atoms with E-state index in [1.165, 1.54) is 0 Å². The van der Waals surface area contributed by atoms with Gasteiger partial charge >= 0.3 is 0 Å². The fourth-order valence-corrected chi connectivity index (χ4v) is 5.42. The minimum atomic E-state index is -0.152. The Morgan fingerprint density at radius 1 is 1.00 bits per heavy atom. The van der Waals surface area contributed by atoms with Crippen LogP contribution in [0.1, 0.15) is 37.3 Å².